The van der Waals surface area contributed by atoms with Gasteiger partial charge in [0.15, 0.2) is 0 Å². The van der Waals surface area contributed by atoms with E-state index in [1.54, 1.807) is 7.11 Å². The van der Waals surface area contributed by atoms with Gasteiger partial charge in [-0.05, 0) is 50.8 Å². The fourth-order valence-electron chi connectivity index (χ4n) is 1.96. The average Bonchev–Trinajstić information content (AvgIpc) is 2.27. The minimum absolute atomic E-state index is 0.761. The van der Waals surface area contributed by atoms with Gasteiger partial charge in [-0.15, -0.1) is 0 Å². The van der Waals surface area contributed by atoms with Crippen LogP contribution in [-0.2, 0) is 6.42 Å². The third kappa shape index (κ3) is 2.98. The van der Waals surface area contributed by atoms with Gasteiger partial charge in [-0.25, -0.2) is 0 Å². The maximum Gasteiger partial charge on any atom is 0.126 e. The first-order valence-corrected chi connectivity index (χ1v) is 6.43. The van der Waals surface area contributed by atoms with E-state index < -0.39 is 0 Å². The highest BCUT2D eigenvalue weighted by atomic mass is 79.9. The van der Waals surface area contributed by atoms with E-state index in [9.17, 15) is 0 Å². The molecule has 0 aliphatic rings. The highest BCUT2D eigenvalue weighted by Gasteiger charge is 2.11. The highest BCUT2D eigenvalue weighted by Crippen LogP contribution is 2.33. The van der Waals surface area contributed by atoms with Crippen molar-refractivity contribution in [1.82, 2.24) is 0 Å². The summed E-state index contributed by atoms with van der Waals surface area (Å²) in [6, 6.07) is 2.20. The van der Waals surface area contributed by atoms with Gasteiger partial charge in [0.25, 0.3) is 0 Å². The summed E-state index contributed by atoms with van der Waals surface area (Å²) in [7, 11) is 1.73. The van der Waals surface area contributed by atoms with Gasteiger partial charge in [0.05, 0.1) is 7.11 Å². The topological polar surface area (TPSA) is 35.2 Å². The molecular weight excluding hydrogens is 266 g/mol. The standard InChI is InChI=1S/C13H20BrNO/c1-9-8-11(6-4-5-7-15)13(16-3)10(2)12(9)14/h8H,4-7,15H2,1-3H3. The lowest BCUT2D eigenvalue weighted by molar-refractivity contribution is 0.405. The molecule has 1 aromatic rings. The fourth-order valence-corrected chi connectivity index (χ4v) is 2.25. The van der Waals surface area contributed by atoms with Crippen molar-refractivity contribution < 1.29 is 4.74 Å². The molecule has 0 aliphatic heterocycles. The smallest absolute Gasteiger partial charge is 0.126 e. The maximum atomic E-state index is 5.51. The first-order valence-electron chi connectivity index (χ1n) is 5.64. The lowest BCUT2D eigenvalue weighted by atomic mass is 10.0. The Bertz CT molecular complexity index is 363. The number of benzene rings is 1. The predicted octanol–water partition coefficient (Wildman–Crippen LogP) is 3.36. The molecule has 90 valence electrons. The predicted molar refractivity (Wildman–Crippen MR) is 72.2 cm³/mol. The summed E-state index contributed by atoms with van der Waals surface area (Å²) in [6.45, 7) is 4.96. The van der Waals surface area contributed by atoms with E-state index in [1.807, 2.05) is 0 Å². The molecule has 0 unspecified atom stereocenters. The summed E-state index contributed by atoms with van der Waals surface area (Å²) < 4.78 is 6.63. The van der Waals surface area contributed by atoms with Crippen molar-refractivity contribution >= 4 is 15.9 Å². The van der Waals surface area contributed by atoms with Crippen LogP contribution in [0.1, 0.15) is 29.5 Å². The van der Waals surface area contributed by atoms with Gasteiger partial charge in [-0.1, -0.05) is 22.0 Å². The monoisotopic (exact) mass is 285 g/mol. The van der Waals surface area contributed by atoms with Gasteiger partial charge < -0.3 is 10.5 Å². The molecule has 0 heterocycles. The molecule has 0 radical (unpaired) electrons. The van der Waals surface area contributed by atoms with Crippen molar-refractivity contribution in [2.45, 2.75) is 33.1 Å². The largest absolute Gasteiger partial charge is 0.496 e. The van der Waals surface area contributed by atoms with Gasteiger partial charge in [-0.2, -0.15) is 0 Å². The van der Waals surface area contributed by atoms with Crippen LogP contribution in [0.25, 0.3) is 0 Å². The van der Waals surface area contributed by atoms with Crippen LogP contribution in [0.3, 0.4) is 0 Å². The normalized spacial score (nSPS) is 10.6. The van der Waals surface area contributed by atoms with Crippen molar-refractivity contribution in [1.29, 1.82) is 0 Å². The van der Waals surface area contributed by atoms with Crippen LogP contribution in [0.2, 0.25) is 0 Å². The Morgan fingerprint density at radius 1 is 1.31 bits per heavy atom. The summed E-state index contributed by atoms with van der Waals surface area (Å²) in [5.74, 6) is 1.01. The minimum atomic E-state index is 0.761. The summed E-state index contributed by atoms with van der Waals surface area (Å²) in [5.41, 5.74) is 9.24. The van der Waals surface area contributed by atoms with E-state index in [1.165, 1.54) is 16.7 Å². The Labute approximate surface area is 106 Å². The van der Waals surface area contributed by atoms with Crippen molar-refractivity contribution in [2.75, 3.05) is 13.7 Å². The minimum Gasteiger partial charge on any atom is -0.496 e. The van der Waals surface area contributed by atoms with Crippen LogP contribution in [-0.4, -0.2) is 13.7 Å². The van der Waals surface area contributed by atoms with E-state index in [-0.39, 0.29) is 0 Å². The molecule has 1 aromatic carbocycles. The molecule has 0 saturated carbocycles. The van der Waals surface area contributed by atoms with Crippen molar-refractivity contribution in [3.05, 3.63) is 27.2 Å². The molecule has 2 N–H and O–H groups in total. The Hall–Kier alpha value is -0.540. The second kappa shape index (κ2) is 6.26. The number of aryl methyl sites for hydroxylation is 2. The summed E-state index contributed by atoms with van der Waals surface area (Å²) in [5, 5.41) is 0. The molecular formula is C13H20BrNO. The van der Waals surface area contributed by atoms with Gasteiger partial charge >= 0.3 is 0 Å². The fraction of sp³-hybridized carbons (Fsp3) is 0.538. The van der Waals surface area contributed by atoms with Crippen LogP contribution in [0.5, 0.6) is 5.75 Å². The van der Waals surface area contributed by atoms with E-state index in [2.05, 4.69) is 35.8 Å². The summed E-state index contributed by atoms with van der Waals surface area (Å²) in [6.07, 6.45) is 3.22. The maximum absolute atomic E-state index is 5.51. The zero-order chi connectivity index (χ0) is 12.1. The quantitative estimate of drug-likeness (QED) is 0.842. The Morgan fingerprint density at radius 2 is 2.00 bits per heavy atom. The van der Waals surface area contributed by atoms with Crippen molar-refractivity contribution in [2.24, 2.45) is 5.73 Å². The Kier molecular flexibility index (Phi) is 5.29. The van der Waals surface area contributed by atoms with E-state index >= 15 is 0 Å². The molecule has 0 amide bonds. The van der Waals surface area contributed by atoms with E-state index in [0.29, 0.717) is 0 Å². The highest BCUT2D eigenvalue weighted by molar-refractivity contribution is 9.10. The van der Waals surface area contributed by atoms with Crippen LogP contribution >= 0.6 is 15.9 Å². The number of methoxy groups -OCH3 is 1. The molecule has 0 fully saturated rings. The summed E-state index contributed by atoms with van der Waals surface area (Å²) in [4.78, 5) is 0. The first kappa shape index (κ1) is 13.5. The number of hydrogen-bond donors (Lipinski definition) is 1. The van der Waals surface area contributed by atoms with Crippen LogP contribution in [0.15, 0.2) is 10.5 Å². The van der Waals surface area contributed by atoms with E-state index in [0.717, 1.165) is 36.0 Å². The lowest BCUT2D eigenvalue weighted by Gasteiger charge is -2.15. The Balaban J connectivity index is 2.98. The van der Waals surface area contributed by atoms with Crippen LogP contribution in [0.4, 0.5) is 0 Å². The SMILES string of the molecule is COc1c(CCCCN)cc(C)c(Br)c1C. The molecule has 1 rings (SSSR count). The van der Waals surface area contributed by atoms with Gasteiger partial charge in [0.2, 0.25) is 0 Å². The zero-order valence-electron chi connectivity index (χ0n) is 10.3. The van der Waals surface area contributed by atoms with E-state index in [4.69, 9.17) is 10.5 Å². The van der Waals surface area contributed by atoms with Gasteiger partial charge in [0.1, 0.15) is 5.75 Å². The molecule has 0 spiro atoms. The van der Waals surface area contributed by atoms with Gasteiger partial charge in [0, 0.05) is 10.0 Å². The average molecular weight is 286 g/mol. The third-order valence-corrected chi connectivity index (χ3v) is 4.02. The second-order valence-electron chi connectivity index (χ2n) is 4.07. The number of rotatable bonds is 5. The number of halogens is 1. The molecule has 0 saturated heterocycles. The molecule has 2 nitrogen and oxygen atoms in total. The number of unbranched alkanes of at least 4 members (excludes halogenated alkanes) is 1. The number of ether oxygens (including phenoxy) is 1. The van der Waals surface area contributed by atoms with Crippen molar-refractivity contribution in [3.63, 3.8) is 0 Å². The molecule has 3 heteroatoms. The second-order valence-corrected chi connectivity index (χ2v) is 4.86. The Morgan fingerprint density at radius 3 is 2.56 bits per heavy atom. The zero-order valence-corrected chi connectivity index (χ0v) is 11.9. The lowest BCUT2D eigenvalue weighted by Crippen LogP contribution is -2.01. The molecule has 0 aromatic heterocycles. The summed E-state index contributed by atoms with van der Waals surface area (Å²) >= 11 is 3.59. The van der Waals surface area contributed by atoms with Crippen molar-refractivity contribution in [3.8, 4) is 5.75 Å². The number of nitrogens with two attached hydrogens (primary N) is 1. The molecule has 16 heavy (non-hydrogen) atoms. The first-order chi connectivity index (χ1) is 7.61. The van der Waals surface area contributed by atoms with Crippen LogP contribution < -0.4 is 10.5 Å². The molecule has 0 bridgehead atoms. The number of hydrogen-bond acceptors (Lipinski definition) is 2. The molecule has 0 atom stereocenters. The van der Waals surface area contributed by atoms with Gasteiger partial charge in [-0.3, -0.25) is 0 Å². The third-order valence-electron chi connectivity index (χ3n) is 2.80. The molecule has 0 aliphatic carbocycles. The van der Waals surface area contributed by atoms with Crippen LogP contribution in [0, 0.1) is 13.8 Å².